The maximum Gasteiger partial charge on any atom is 0.255 e. The van der Waals surface area contributed by atoms with E-state index in [0.717, 1.165) is 6.26 Å². The van der Waals surface area contributed by atoms with E-state index in [1.165, 1.54) is 31.3 Å². The molecule has 0 atom stereocenters. The van der Waals surface area contributed by atoms with Crippen molar-refractivity contribution in [1.82, 2.24) is 10.3 Å². The lowest BCUT2D eigenvalue weighted by atomic mass is 10.1. The van der Waals surface area contributed by atoms with Gasteiger partial charge in [-0.1, -0.05) is 0 Å². The number of rotatable bonds is 5. The molecule has 27 heavy (non-hydrogen) atoms. The molecule has 10 heteroatoms. The molecule has 0 spiro atoms. The lowest BCUT2D eigenvalue weighted by Gasteiger charge is -2.06. The summed E-state index contributed by atoms with van der Waals surface area (Å²) in [7, 11) is -1.75. The first-order chi connectivity index (χ1) is 12.7. The van der Waals surface area contributed by atoms with Crippen LogP contribution >= 0.6 is 22.6 Å². The predicted octanol–water partition coefficient (Wildman–Crippen LogP) is 3.01. The summed E-state index contributed by atoms with van der Waals surface area (Å²) in [5.74, 6) is -0.474. The summed E-state index contributed by atoms with van der Waals surface area (Å²) >= 11 is 2.00. The van der Waals surface area contributed by atoms with Crippen LogP contribution in [0.4, 0.5) is 10.2 Å². The van der Waals surface area contributed by atoms with Crippen LogP contribution in [0.25, 0.3) is 22.4 Å². The molecule has 0 unspecified atom stereocenters. The van der Waals surface area contributed by atoms with Crippen LogP contribution in [0.2, 0.25) is 0 Å². The molecule has 0 radical (unpaired) electrons. The molecule has 0 saturated carbocycles. The van der Waals surface area contributed by atoms with Gasteiger partial charge in [0.15, 0.2) is 9.84 Å². The van der Waals surface area contributed by atoms with Crippen molar-refractivity contribution in [2.75, 3.05) is 24.5 Å². The maximum absolute atomic E-state index is 13.2. The number of nitrogens with one attached hydrogen (secondary N) is 2. The monoisotopic (exact) mass is 503 g/mol. The van der Waals surface area contributed by atoms with Crippen LogP contribution in [-0.2, 0) is 9.84 Å². The molecule has 0 bridgehead atoms. The summed E-state index contributed by atoms with van der Waals surface area (Å²) in [5.41, 5.74) is 0.970. The Labute approximate surface area is 168 Å². The van der Waals surface area contributed by atoms with Crippen LogP contribution in [-0.4, -0.2) is 38.5 Å². The summed E-state index contributed by atoms with van der Waals surface area (Å²) in [4.78, 5) is 16.7. The number of hydrogen-bond donors (Lipinski definition) is 2. The fourth-order valence-electron chi connectivity index (χ4n) is 2.48. The Morgan fingerprint density at radius 3 is 2.56 bits per heavy atom. The number of aromatic nitrogens is 1. The zero-order chi connectivity index (χ0) is 19.8. The van der Waals surface area contributed by atoms with Crippen LogP contribution in [0.5, 0.6) is 0 Å². The molecule has 2 N–H and O–H groups in total. The minimum atomic E-state index is -3.24. The van der Waals surface area contributed by atoms with Crippen LogP contribution in [0.1, 0.15) is 10.4 Å². The molecule has 1 amide bonds. The van der Waals surface area contributed by atoms with Crippen molar-refractivity contribution in [3.8, 4) is 11.3 Å². The van der Waals surface area contributed by atoms with E-state index in [1.54, 1.807) is 6.07 Å². The molecule has 2 heterocycles. The second kappa shape index (κ2) is 7.43. The van der Waals surface area contributed by atoms with E-state index in [9.17, 15) is 17.6 Å². The fraction of sp³-hybridized carbons (Fsp3) is 0.176. The molecule has 3 aromatic rings. The van der Waals surface area contributed by atoms with Crippen LogP contribution in [0.3, 0.4) is 0 Å². The second-order valence-corrected chi connectivity index (χ2v) is 9.11. The molecule has 0 aliphatic heterocycles. The fourth-order valence-corrected chi connectivity index (χ4v) is 3.50. The van der Waals surface area contributed by atoms with E-state index in [0.29, 0.717) is 20.3 Å². The van der Waals surface area contributed by atoms with Crippen molar-refractivity contribution in [3.63, 3.8) is 0 Å². The van der Waals surface area contributed by atoms with Crippen LogP contribution in [0, 0.1) is 9.39 Å². The SMILES string of the molecule is CNC(=O)c1c(-c2ccc(F)cc2)oc2nc(NCS(C)(=O)=O)c(I)cc12. The number of sulfone groups is 1. The highest BCUT2D eigenvalue weighted by atomic mass is 127. The smallest absolute Gasteiger partial charge is 0.255 e. The van der Waals surface area contributed by atoms with Crippen molar-refractivity contribution < 1.29 is 22.0 Å². The molecule has 142 valence electrons. The lowest BCUT2D eigenvalue weighted by molar-refractivity contribution is 0.0964. The molecule has 7 nitrogen and oxygen atoms in total. The number of anilines is 1. The number of furan rings is 1. The van der Waals surface area contributed by atoms with E-state index in [4.69, 9.17) is 4.42 Å². The summed E-state index contributed by atoms with van der Waals surface area (Å²) in [5, 5.41) is 5.78. The summed E-state index contributed by atoms with van der Waals surface area (Å²) in [6, 6.07) is 7.24. The van der Waals surface area contributed by atoms with Crippen molar-refractivity contribution in [1.29, 1.82) is 0 Å². The molecule has 3 rings (SSSR count). The summed E-state index contributed by atoms with van der Waals surface area (Å²) in [6.07, 6.45) is 1.11. The van der Waals surface area contributed by atoms with Gasteiger partial charge < -0.3 is 15.1 Å². The van der Waals surface area contributed by atoms with Gasteiger partial charge in [0.25, 0.3) is 5.91 Å². The molecule has 0 aliphatic carbocycles. The highest BCUT2D eigenvalue weighted by Gasteiger charge is 2.23. The Bertz CT molecular complexity index is 1130. The first-order valence-electron chi connectivity index (χ1n) is 7.72. The Balaban J connectivity index is 2.18. The minimum Gasteiger partial charge on any atom is -0.437 e. The molecule has 0 aliphatic rings. The number of nitrogens with zero attached hydrogens (tertiary/aromatic N) is 1. The van der Waals surface area contributed by atoms with Gasteiger partial charge in [-0.3, -0.25) is 4.79 Å². The second-order valence-electron chi connectivity index (χ2n) is 5.81. The van der Waals surface area contributed by atoms with Gasteiger partial charge >= 0.3 is 0 Å². The predicted molar refractivity (Wildman–Crippen MR) is 109 cm³/mol. The average Bonchev–Trinajstić information content (AvgIpc) is 2.97. The average molecular weight is 503 g/mol. The molecular weight excluding hydrogens is 488 g/mol. The third-order valence-electron chi connectivity index (χ3n) is 3.70. The first kappa shape index (κ1) is 19.5. The number of amides is 1. The lowest BCUT2D eigenvalue weighted by Crippen LogP contribution is -2.18. The third-order valence-corrected chi connectivity index (χ3v) is 5.19. The zero-order valence-corrected chi connectivity index (χ0v) is 17.3. The van der Waals surface area contributed by atoms with Gasteiger partial charge in [0.2, 0.25) is 5.71 Å². The summed E-state index contributed by atoms with van der Waals surface area (Å²) < 4.78 is 42.4. The van der Waals surface area contributed by atoms with E-state index in [1.807, 2.05) is 22.6 Å². The van der Waals surface area contributed by atoms with Gasteiger partial charge in [0, 0.05) is 18.9 Å². The molecular formula is C17H15FIN3O4S. The molecule has 1 aromatic carbocycles. The van der Waals surface area contributed by atoms with E-state index in [2.05, 4.69) is 15.6 Å². The van der Waals surface area contributed by atoms with Crippen molar-refractivity contribution in [3.05, 3.63) is 45.3 Å². The van der Waals surface area contributed by atoms with Gasteiger partial charge in [-0.05, 0) is 52.9 Å². The van der Waals surface area contributed by atoms with Gasteiger partial charge in [-0.25, -0.2) is 12.8 Å². The molecule has 2 aromatic heterocycles. The maximum atomic E-state index is 13.2. The number of benzene rings is 1. The Morgan fingerprint density at radius 2 is 1.96 bits per heavy atom. The largest absolute Gasteiger partial charge is 0.437 e. The molecule has 0 fully saturated rings. The summed E-state index contributed by atoms with van der Waals surface area (Å²) in [6.45, 7) is 0. The number of fused-ring (bicyclic) bond motifs is 1. The van der Waals surface area contributed by atoms with E-state index in [-0.39, 0.29) is 28.8 Å². The van der Waals surface area contributed by atoms with Gasteiger partial charge in [-0.15, -0.1) is 0 Å². The topological polar surface area (TPSA) is 101 Å². The Morgan fingerprint density at radius 1 is 1.30 bits per heavy atom. The Hall–Kier alpha value is -2.21. The number of carbonyl (C=O) groups is 1. The zero-order valence-electron chi connectivity index (χ0n) is 14.3. The van der Waals surface area contributed by atoms with Crippen LogP contribution < -0.4 is 10.6 Å². The van der Waals surface area contributed by atoms with Gasteiger partial charge in [-0.2, -0.15) is 4.98 Å². The number of halogens is 2. The Kier molecular flexibility index (Phi) is 5.38. The van der Waals surface area contributed by atoms with E-state index < -0.39 is 15.7 Å². The first-order valence-corrected chi connectivity index (χ1v) is 10.9. The standard InChI is InChI=1S/C17H15FIN3O4S/c1-20-16(23)13-11-7-12(19)15(21-8-27(2,24)25)22-17(11)26-14(13)9-3-5-10(18)6-4-9/h3-7H,8H2,1-2H3,(H,20,23)(H,21,22). The van der Waals surface area contributed by atoms with Crippen molar-refractivity contribution in [2.45, 2.75) is 0 Å². The number of pyridine rings is 1. The van der Waals surface area contributed by atoms with Gasteiger partial charge in [0.05, 0.1) is 14.5 Å². The van der Waals surface area contributed by atoms with Crippen molar-refractivity contribution in [2.24, 2.45) is 0 Å². The van der Waals surface area contributed by atoms with Crippen molar-refractivity contribution >= 4 is 55.3 Å². The number of hydrogen-bond acceptors (Lipinski definition) is 6. The van der Waals surface area contributed by atoms with Gasteiger partial charge in [0.1, 0.15) is 23.3 Å². The van der Waals surface area contributed by atoms with E-state index >= 15 is 0 Å². The third kappa shape index (κ3) is 4.21. The van der Waals surface area contributed by atoms with Crippen LogP contribution in [0.15, 0.2) is 34.7 Å². The molecule has 0 saturated heterocycles. The highest BCUT2D eigenvalue weighted by molar-refractivity contribution is 14.1. The number of carbonyl (C=O) groups excluding carboxylic acids is 1. The highest BCUT2D eigenvalue weighted by Crippen LogP contribution is 2.35. The quantitative estimate of drug-likeness (QED) is 0.520. The normalized spacial score (nSPS) is 11.6. The minimum absolute atomic E-state index is 0.171.